The number of hydrogen-bond donors (Lipinski definition) is 1. The predicted octanol–water partition coefficient (Wildman–Crippen LogP) is 1.52. The topological polar surface area (TPSA) is 41.8 Å². The summed E-state index contributed by atoms with van der Waals surface area (Å²) in [5, 5.41) is 8.81. The van der Waals surface area contributed by atoms with Gasteiger partial charge in [0.05, 0.1) is 6.04 Å². The highest BCUT2D eigenvalue weighted by atomic mass is 16.5. The molecule has 0 amide bonds. The Hall–Kier alpha value is -1.35. The first kappa shape index (κ1) is 10.2. The number of aliphatic imine (C=N–C) groups is 1. The normalized spacial score (nSPS) is 19.9. The Morgan fingerprint density at radius 1 is 1.47 bits per heavy atom. The number of aliphatic hydroxyl groups is 1. The molecule has 1 aliphatic heterocycles. The molecule has 1 N–H and O–H groups in total. The zero-order chi connectivity index (χ0) is 10.7. The maximum Gasteiger partial charge on any atom is 0.216 e. The van der Waals surface area contributed by atoms with Crippen LogP contribution in [0.3, 0.4) is 0 Å². The van der Waals surface area contributed by atoms with E-state index in [0.717, 1.165) is 5.56 Å². The first-order chi connectivity index (χ1) is 7.31. The molecule has 0 fully saturated rings. The van der Waals surface area contributed by atoms with Crippen molar-refractivity contribution in [2.75, 3.05) is 13.2 Å². The van der Waals surface area contributed by atoms with Crippen molar-refractivity contribution in [1.82, 2.24) is 0 Å². The minimum absolute atomic E-state index is 0.115. The molecule has 15 heavy (non-hydrogen) atoms. The summed E-state index contributed by atoms with van der Waals surface area (Å²) < 4.78 is 5.52. The third-order valence-corrected chi connectivity index (χ3v) is 2.55. The fourth-order valence-corrected chi connectivity index (χ4v) is 1.67. The van der Waals surface area contributed by atoms with Crippen LogP contribution in [-0.4, -0.2) is 30.3 Å². The molecular formula is C12H15NO2. The van der Waals surface area contributed by atoms with E-state index in [2.05, 4.69) is 4.99 Å². The van der Waals surface area contributed by atoms with Crippen molar-refractivity contribution >= 4 is 5.90 Å². The highest BCUT2D eigenvalue weighted by Crippen LogP contribution is 2.16. The Morgan fingerprint density at radius 3 is 3.00 bits per heavy atom. The van der Waals surface area contributed by atoms with E-state index < -0.39 is 0 Å². The van der Waals surface area contributed by atoms with Crippen LogP contribution >= 0.6 is 0 Å². The monoisotopic (exact) mass is 205 g/mol. The summed E-state index contributed by atoms with van der Waals surface area (Å²) in [6.45, 7) is 2.80. The number of nitrogens with zero attached hydrogens (tertiary/aromatic N) is 1. The maximum absolute atomic E-state index is 8.81. The van der Waals surface area contributed by atoms with E-state index in [1.165, 1.54) is 5.56 Å². The Kier molecular flexibility index (Phi) is 3.02. The van der Waals surface area contributed by atoms with Crippen molar-refractivity contribution in [3.63, 3.8) is 0 Å². The highest BCUT2D eigenvalue weighted by molar-refractivity contribution is 5.96. The zero-order valence-electron chi connectivity index (χ0n) is 8.81. The molecule has 1 aliphatic rings. The lowest BCUT2D eigenvalue weighted by Crippen LogP contribution is -2.08. The van der Waals surface area contributed by atoms with Crippen LogP contribution in [0.1, 0.15) is 17.5 Å². The van der Waals surface area contributed by atoms with E-state index in [1.54, 1.807) is 0 Å². The number of hydrogen-bond acceptors (Lipinski definition) is 3. The third-order valence-electron chi connectivity index (χ3n) is 2.55. The molecule has 0 spiro atoms. The minimum atomic E-state index is 0.115. The molecule has 1 atom stereocenters. The second-order valence-electron chi connectivity index (χ2n) is 3.73. The van der Waals surface area contributed by atoms with Gasteiger partial charge in [-0.25, -0.2) is 4.99 Å². The van der Waals surface area contributed by atoms with E-state index in [1.807, 2.05) is 31.2 Å². The maximum atomic E-state index is 8.81. The van der Waals surface area contributed by atoms with Gasteiger partial charge in [-0.2, -0.15) is 0 Å². The molecule has 0 aromatic heterocycles. The van der Waals surface area contributed by atoms with Gasteiger partial charge in [0.2, 0.25) is 5.90 Å². The van der Waals surface area contributed by atoms with Gasteiger partial charge in [-0.15, -0.1) is 0 Å². The van der Waals surface area contributed by atoms with Crippen LogP contribution in [0.5, 0.6) is 0 Å². The Balaban J connectivity index is 2.19. The molecule has 0 saturated carbocycles. The van der Waals surface area contributed by atoms with E-state index in [-0.39, 0.29) is 12.6 Å². The number of benzene rings is 1. The van der Waals surface area contributed by atoms with Gasteiger partial charge in [0.25, 0.3) is 0 Å². The van der Waals surface area contributed by atoms with Crippen molar-refractivity contribution < 1.29 is 9.84 Å². The Morgan fingerprint density at radius 2 is 2.27 bits per heavy atom. The van der Waals surface area contributed by atoms with Gasteiger partial charge in [0, 0.05) is 12.2 Å². The number of aliphatic hydroxyl groups excluding tert-OH is 1. The predicted molar refractivity (Wildman–Crippen MR) is 59.2 cm³/mol. The van der Waals surface area contributed by atoms with Gasteiger partial charge in [-0.1, -0.05) is 18.2 Å². The number of rotatable bonds is 3. The molecule has 1 aromatic rings. The zero-order valence-corrected chi connectivity index (χ0v) is 8.81. The smallest absolute Gasteiger partial charge is 0.216 e. The lowest BCUT2D eigenvalue weighted by molar-refractivity contribution is 0.251. The standard InChI is InChI=1S/C12H15NO2/c1-9-4-2-3-5-11(9)12-13-10(6-7-14)8-15-12/h2-5,10,14H,6-8H2,1H3/t10-/m1/s1. The summed E-state index contributed by atoms with van der Waals surface area (Å²) in [4.78, 5) is 4.44. The van der Waals surface area contributed by atoms with Crippen molar-refractivity contribution in [2.24, 2.45) is 4.99 Å². The van der Waals surface area contributed by atoms with Crippen LogP contribution in [0.25, 0.3) is 0 Å². The van der Waals surface area contributed by atoms with Crippen LogP contribution in [-0.2, 0) is 4.74 Å². The third kappa shape index (κ3) is 2.18. The highest BCUT2D eigenvalue weighted by Gasteiger charge is 2.20. The van der Waals surface area contributed by atoms with Crippen molar-refractivity contribution in [3.8, 4) is 0 Å². The van der Waals surface area contributed by atoms with Crippen LogP contribution < -0.4 is 0 Å². The molecule has 3 nitrogen and oxygen atoms in total. The first-order valence-electron chi connectivity index (χ1n) is 5.18. The van der Waals surface area contributed by atoms with Crippen LogP contribution in [0.4, 0.5) is 0 Å². The van der Waals surface area contributed by atoms with E-state index in [4.69, 9.17) is 9.84 Å². The molecular weight excluding hydrogens is 190 g/mol. The molecule has 1 heterocycles. The van der Waals surface area contributed by atoms with Gasteiger partial charge in [-0.05, 0) is 25.0 Å². The molecule has 1 aromatic carbocycles. The molecule has 0 bridgehead atoms. The number of ether oxygens (including phenoxy) is 1. The van der Waals surface area contributed by atoms with Crippen molar-refractivity contribution in [2.45, 2.75) is 19.4 Å². The molecule has 0 radical (unpaired) electrons. The number of aryl methyl sites for hydroxylation is 1. The summed E-state index contributed by atoms with van der Waals surface area (Å²) in [6, 6.07) is 8.15. The van der Waals surface area contributed by atoms with E-state index in [9.17, 15) is 0 Å². The minimum Gasteiger partial charge on any atom is -0.475 e. The molecule has 0 saturated heterocycles. The average molecular weight is 205 g/mol. The summed E-state index contributed by atoms with van der Waals surface area (Å²) in [6.07, 6.45) is 0.676. The van der Waals surface area contributed by atoms with Gasteiger partial charge in [0.15, 0.2) is 0 Å². The van der Waals surface area contributed by atoms with Crippen LogP contribution in [0, 0.1) is 6.92 Å². The van der Waals surface area contributed by atoms with Gasteiger partial charge >= 0.3 is 0 Å². The average Bonchev–Trinajstić information content (AvgIpc) is 2.68. The molecule has 0 unspecified atom stereocenters. The molecule has 2 rings (SSSR count). The molecule has 0 aliphatic carbocycles. The fraction of sp³-hybridized carbons (Fsp3) is 0.417. The Labute approximate surface area is 89.4 Å². The van der Waals surface area contributed by atoms with Crippen LogP contribution in [0.15, 0.2) is 29.3 Å². The summed E-state index contributed by atoms with van der Waals surface area (Å²) in [7, 11) is 0. The van der Waals surface area contributed by atoms with Crippen molar-refractivity contribution in [1.29, 1.82) is 0 Å². The summed E-state index contributed by atoms with van der Waals surface area (Å²) >= 11 is 0. The largest absolute Gasteiger partial charge is 0.475 e. The Bertz CT molecular complexity index is 374. The summed E-state index contributed by atoms with van der Waals surface area (Å²) in [5.74, 6) is 0.714. The van der Waals surface area contributed by atoms with Gasteiger partial charge in [0.1, 0.15) is 6.61 Å². The lowest BCUT2D eigenvalue weighted by atomic mass is 10.1. The fourth-order valence-electron chi connectivity index (χ4n) is 1.67. The van der Waals surface area contributed by atoms with Gasteiger partial charge < -0.3 is 9.84 Å². The lowest BCUT2D eigenvalue weighted by Gasteiger charge is -2.03. The quantitative estimate of drug-likeness (QED) is 0.813. The van der Waals surface area contributed by atoms with Crippen LogP contribution in [0.2, 0.25) is 0 Å². The second-order valence-corrected chi connectivity index (χ2v) is 3.73. The van der Waals surface area contributed by atoms with Crippen molar-refractivity contribution in [3.05, 3.63) is 35.4 Å². The first-order valence-corrected chi connectivity index (χ1v) is 5.18. The molecule has 80 valence electrons. The SMILES string of the molecule is Cc1ccccc1C1=N[C@H](CCO)CO1. The van der Waals surface area contributed by atoms with Gasteiger partial charge in [-0.3, -0.25) is 0 Å². The molecule has 3 heteroatoms. The van der Waals surface area contributed by atoms with E-state index >= 15 is 0 Å². The van der Waals surface area contributed by atoms with E-state index in [0.29, 0.717) is 18.9 Å². The summed E-state index contributed by atoms with van der Waals surface area (Å²) in [5.41, 5.74) is 2.22. The second kappa shape index (κ2) is 4.45.